The summed E-state index contributed by atoms with van der Waals surface area (Å²) in [6.45, 7) is 5.47. The molecule has 0 saturated carbocycles. The van der Waals surface area contributed by atoms with Gasteiger partial charge in [0.05, 0.1) is 10.6 Å². The van der Waals surface area contributed by atoms with Crippen molar-refractivity contribution in [1.82, 2.24) is 5.32 Å². The van der Waals surface area contributed by atoms with Gasteiger partial charge in [0, 0.05) is 11.6 Å². The summed E-state index contributed by atoms with van der Waals surface area (Å²) in [4.78, 5) is 39.7. The maximum atomic E-state index is 12.8. The molecule has 1 aliphatic heterocycles. The van der Waals surface area contributed by atoms with Crippen LogP contribution in [0.5, 0.6) is 5.75 Å². The van der Waals surface area contributed by atoms with Crippen molar-refractivity contribution in [2.45, 2.75) is 39.3 Å². The number of fused-ring (bicyclic) bond motifs is 1. The Hall–Kier alpha value is -2.67. The molecule has 0 radical (unpaired) electrons. The van der Waals surface area contributed by atoms with Crippen LogP contribution in [0.1, 0.15) is 42.4 Å². The van der Waals surface area contributed by atoms with Crippen molar-refractivity contribution in [2.24, 2.45) is 0 Å². The van der Waals surface area contributed by atoms with E-state index in [1.165, 1.54) is 16.2 Å². The first-order valence-electron chi connectivity index (χ1n) is 8.90. The van der Waals surface area contributed by atoms with Crippen LogP contribution in [0, 0.1) is 0 Å². The minimum atomic E-state index is -0.636. The monoisotopic (exact) mass is 386 g/mol. The third kappa shape index (κ3) is 4.03. The smallest absolute Gasteiger partial charge is 0.268 e. The van der Waals surface area contributed by atoms with E-state index < -0.39 is 6.10 Å². The summed E-state index contributed by atoms with van der Waals surface area (Å²) in [6.07, 6.45) is -0.139. The van der Waals surface area contributed by atoms with Crippen LogP contribution < -0.4 is 15.0 Å². The molecule has 1 aromatic heterocycles. The topological polar surface area (TPSA) is 75.7 Å². The molecule has 1 aliphatic rings. The minimum absolute atomic E-state index is 0.0261. The van der Waals surface area contributed by atoms with E-state index >= 15 is 0 Å². The van der Waals surface area contributed by atoms with Gasteiger partial charge in [0.1, 0.15) is 12.3 Å². The highest BCUT2D eigenvalue weighted by Gasteiger charge is 2.35. The van der Waals surface area contributed by atoms with E-state index in [-0.39, 0.29) is 30.2 Å². The Labute approximate surface area is 162 Å². The summed E-state index contributed by atoms with van der Waals surface area (Å²) in [5, 5.41) is 4.64. The van der Waals surface area contributed by atoms with Gasteiger partial charge >= 0.3 is 0 Å². The molecule has 0 aliphatic carbocycles. The van der Waals surface area contributed by atoms with Gasteiger partial charge in [0.25, 0.3) is 5.91 Å². The summed E-state index contributed by atoms with van der Waals surface area (Å²) in [5.74, 6) is -0.147. The molecule has 1 atom stereocenters. The number of nitrogens with one attached hydrogen (secondary N) is 1. The SMILES string of the molecule is CC[C@H]1Oc2ccc(C(=O)c3cccs3)cc2N(CC(=O)NC(C)C)C1=O. The standard InChI is InChI=1S/C20H22N2O4S/c1-4-15-20(25)22(11-18(23)21-12(2)3)14-10-13(7-8-16(14)26-15)19(24)17-6-5-9-27-17/h5-10,12,15H,4,11H2,1-3H3,(H,21,23)/t15-/m1/s1. The summed E-state index contributed by atoms with van der Waals surface area (Å²) >= 11 is 1.36. The quantitative estimate of drug-likeness (QED) is 0.775. The van der Waals surface area contributed by atoms with E-state index in [9.17, 15) is 14.4 Å². The maximum absolute atomic E-state index is 12.8. The molecule has 1 N–H and O–H groups in total. The van der Waals surface area contributed by atoms with Gasteiger partial charge in [-0.2, -0.15) is 0 Å². The maximum Gasteiger partial charge on any atom is 0.268 e. The van der Waals surface area contributed by atoms with E-state index in [1.807, 2.05) is 32.2 Å². The van der Waals surface area contributed by atoms with E-state index in [1.54, 1.807) is 24.3 Å². The number of anilines is 1. The number of benzene rings is 1. The lowest BCUT2D eigenvalue weighted by atomic mass is 10.1. The average molecular weight is 386 g/mol. The third-order valence-electron chi connectivity index (χ3n) is 4.19. The molecule has 2 amide bonds. The van der Waals surface area contributed by atoms with Crippen LogP contribution in [0.2, 0.25) is 0 Å². The number of carbonyl (C=O) groups excluding carboxylic acids is 3. The van der Waals surface area contributed by atoms with Crippen molar-refractivity contribution in [2.75, 3.05) is 11.4 Å². The minimum Gasteiger partial charge on any atom is -0.478 e. The van der Waals surface area contributed by atoms with Gasteiger partial charge in [0.15, 0.2) is 6.10 Å². The van der Waals surface area contributed by atoms with E-state index in [2.05, 4.69) is 5.32 Å². The molecular formula is C20H22N2O4S. The van der Waals surface area contributed by atoms with Crippen molar-refractivity contribution in [3.8, 4) is 5.75 Å². The largest absolute Gasteiger partial charge is 0.478 e. The van der Waals surface area contributed by atoms with E-state index in [0.29, 0.717) is 28.3 Å². The summed E-state index contributed by atoms with van der Waals surface area (Å²) in [5.41, 5.74) is 0.905. The van der Waals surface area contributed by atoms with Crippen LogP contribution in [0.15, 0.2) is 35.7 Å². The molecule has 3 rings (SSSR count). The van der Waals surface area contributed by atoms with Crippen LogP contribution in [-0.4, -0.2) is 36.3 Å². The van der Waals surface area contributed by atoms with Gasteiger partial charge in [-0.3, -0.25) is 19.3 Å². The first kappa shape index (κ1) is 19.1. The summed E-state index contributed by atoms with van der Waals surface area (Å²) < 4.78 is 5.78. The number of ether oxygens (including phenoxy) is 1. The Kier molecular flexibility index (Phi) is 5.60. The number of hydrogen-bond donors (Lipinski definition) is 1. The molecule has 0 saturated heterocycles. The second-order valence-electron chi connectivity index (χ2n) is 6.65. The number of rotatable bonds is 6. The van der Waals surface area contributed by atoms with Crippen LogP contribution in [0.25, 0.3) is 0 Å². The molecule has 0 bridgehead atoms. The predicted molar refractivity (Wildman–Crippen MR) is 105 cm³/mol. The molecule has 2 heterocycles. The van der Waals surface area contributed by atoms with Gasteiger partial charge in [-0.15, -0.1) is 11.3 Å². The number of thiophene rings is 1. The van der Waals surface area contributed by atoms with E-state index in [4.69, 9.17) is 4.74 Å². The molecule has 1 aromatic carbocycles. The van der Waals surface area contributed by atoms with Crippen LogP contribution in [0.4, 0.5) is 5.69 Å². The number of carbonyl (C=O) groups is 3. The van der Waals surface area contributed by atoms with Gasteiger partial charge in [-0.25, -0.2) is 0 Å². The summed E-state index contributed by atoms with van der Waals surface area (Å²) in [6, 6.07) is 8.56. The van der Waals surface area contributed by atoms with Gasteiger partial charge in [0.2, 0.25) is 11.7 Å². The third-order valence-corrected chi connectivity index (χ3v) is 5.06. The van der Waals surface area contributed by atoms with Gasteiger partial charge in [-0.1, -0.05) is 13.0 Å². The predicted octanol–water partition coefficient (Wildman–Crippen LogP) is 3.01. The first-order valence-corrected chi connectivity index (χ1v) is 9.78. The van der Waals surface area contributed by atoms with Crippen LogP contribution in [0.3, 0.4) is 0 Å². The van der Waals surface area contributed by atoms with Crippen molar-refractivity contribution >= 4 is 34.6 Å². The Bertz CT molecular complexity index is 861. The highest BCUT2D eigenvalue weighted by atomic mass is 32.1. The zero-order valence-corrected chi connectivity index (χ0v) is 16.3. The first-order chi connectivity index (χ1) is 12.9. The Morgan fingerprint density at radius 2 is 2.07 bits per heavy atom. The number of nitrogens with zero attached hydrogens (tertiary/aromatic N) is 1. The molecule has 142 valence electrons. The zero-order valence-electron chi connectivity index (χ0n) is 15.5. The normalized spacial score (nSPS) is 16.1. The van der Waals surface area contributed by atoms with Crippen molar-refractivity contribution in [1.29, 1.82) is 0 Å². The highest BCUT2D eigenvalue weighted by molar-refractivity contribution is 7.12. The lowest BCUT2D eigenvalue weighted by Crippen LogP contribution is -2.50. The van der Waals surface area contributed by atoms with E-state index in [0.717, 1.165) is 0 Å². The Balaban J connectivity index is 1.96. The molecule has 7 heteroatoms. The van der Waals surface area contributed by atoms with Gasteiger partial charge in [-0.05, 0) is 49.9 Å². The Morgan fingerprint density at radius 1 is 1.30 bits per heavy atom. The average Bonchev–Trinajstić information content (AvgIpc) is 3.17. The molecule has 0 spiro atoms. The highest BCUT2D eigenvalue weighted by Crippen LogP contribution is 2.36. The lowest BCUT2D eigenvalue weighted by Gasteiger charge is -2.34. The van der Waals surface area contributed by atoms with Crippen LogP contribution in [-0.2, 0) is 9.59 Å². The fourth-order valence-electron chi connectivity index (χ4n) is 2.95. The fraction of sp³-hybridized carbons (Fsp3) is 0.350. The van der Waals surface area contributed by atoms with Gasteiger partial charge < -0.3 is 10.1 Å². The number of ketones is 1. The molecule has 0 fully saturated rings. The van der Waals surface area contributed by atoms with Crippen molar-refractivity contribution in [3.05, 3.63) is 46.2 Å². The molecule has 27 heavy (non-hydrogen) atoms. The van der Waals surface area contributed by atoms with Crippen molar-refractivity contribution < 1.29 is 19.1 Å². The van der Waals surface area contributed by atoms with Crippen molar-refractivity contribution in [3.63, 3.8) is 0 Å². The molecule has 6 nitrogen and oxygen atoms in total. The molecular weight excluding hydrogens is 364 g/mol. The fourth-order valence-corrected chi connectivity index (χ4v) is 3.63. The number of hydrogen-bond acceptors (Lipinski definition) is 5. The second-order valence-corrected chi connectivity index (χ2v) is 7.60. The molecule has 2 aromatic rings. The molecule has 0 unspecified atom stereocenters. The summed E-state index contributed by atoms with van der Waals surface area (Å²) in [7, 11) is 0. The second kappa shape index (κ2) is 7.92. The van der Waals surface area contributed by atoms with Crippen LogP contribution >= 0.6 is 11.3 Å². The number of amides is 2. The zero-order chi connectivity index (χ0) is 19.6. The lowest BCUT2D eigenvalue weighted by molar-refractivity contribution is -0.129. The Morgan fingerprint density at radius 3 is 2.70 bits per heavy atom.